The van der Waals surface area contributed by atoms with E-state index >= 15 is 0 Å². The van der Waals surface area contributed by atoms with E-state index in [1.54, 1.807) is 6.92 Å². The maximum atomic E-state index is 14.4. The van der Waals surface area contributed by atoms with E-state index < -0.39 is 70.5 Å². The van der Waals surface area contributed by atoms with Crippen molar-refractivity contribution in [2.24, 2.45) is 23.2 Å². The molecule has 1 spiro atoms. The van der Waals surface area contributed by atoms with Crippen LogP contribution in [0.1, 0.15) is 48.0 Å². The number of hydrogen-bond donors (Lipinski definition) is 1. The number of rotatable bonds is 5. The van der Waals surface area contributed by atoms with Crippen molar-refractivity contribution in [1.82, 2.24) is 0 Å². The summed E-state index contributed by atoms with van der Waals surface area (Å²) in [6, 6.07) is 17.1. The zero-order chi connectivity index (χ0) is 33.8. The Morgan fingerprint density at radius 1 is 0.875 bits per heavy atom. The van der Waals surface area contributed by atoms with Gasteiger partial charge in [-0.1, -0.05) is 24.3 Å². The van der Waals surface area contributed by atoms with Crippen LogP contribution in [0.3, 0.4) is 0 Å². The van der Waals surface area contributed by atoms with Crippen LogP contribution in [0.2, 0.25) is 0 Å². The van der Waals surface area contributed by atoms with Crippen LogP contribution in [-0.2, 0) is 14.3 Å². The van der Waals surface area contributed by atoms with Gasteiger partial charge in [-0.15, -0.1) is 0 Å². The molecule has 4 saturated carbocycles. The highest BCUT2D eigenvalue weighted by molar-refractivity contribution is 7.50. The number of halogens is 4. The summed E-state index contributed by atoms with van der Waals surface area (Å²) in [6.07, 6.45) is 1.84. The van der Waals surface area contributed by atoms with E-state index in [2.05, 4.69) is 0 Å². The molecule has 2 unspecified atom stereocenters. The average molecular weight is 686 g/mol. The minimum atomic E-state index is -4.38. The number of carboxylic acid groups (broad SMARTS) is 1. The number of thiophene rings is 1. The van der Waals surface area contributed by atoms with Gasteiger partial charge in [0.05, 0.1) is 18.1 Å². The molecule has 5 fully saturated rings. The van der Waals surface area contributed by atoms with Gasteiger partial charge in [0, 0.05) is 39.1 Å². The number of aromatic carboxylic acids is 1. The van der Waals surface area contributed by atoms with Crippen LogP contribution >= 0.6 is 10.5 Å². The molecule has 4 bridgehead atoms. The van der Waals surface area contributed by atoms with Crippen LogP contribution in [0.5, 0.6) is 11.5 Å². The molecule has 3 aromatic carbocycles. The number of carboxylic acids is 1. The fraction of sp³-hybridized carbons (Fsp3) is 0.444. The van der Waals surface area contributed by atoms with E-state index in [9.17, 15) is 32.3 Å². The summed E-state index contributed by atoms with van der Waals surface area (Å²) in [7, 11) is 0.540. The molecule has 1 saturated heterocycles. The summed E-state index contributed by atoms with van der Waals surface area (Å²) in [5.41, 5.74) is -0.535. The number of hydrogen-bond acceptors (Lipinski definition) is 6. The Morgan fingerprint density at radius 2 is 1.42 bits per heavy atom. The quantitative estimate of drug-likeness (QED) is 0.0975. The molecule has 4 aromatic rings. The Hall–Kier alpha value is -3.74. The van der Waals surface area contributed by atoms with E-state index in [-0.39, 0.29) is 35.8 Å². The summed E-state index contributed by atoms with van der Waals surface area (Å²) in [5, 5.41) is 12.4. The van der Waals surface area contributed by atoms with Crippen LogP contribution in [0.15, 0.2) is 54.6 Å². The molecule has 5 aliphatic rings. The largest absolute Gasteiger partial charge is 0.493 e. The normalized spacial score (nSPS) is 28.1. The Morgan fingerprint density at radius 3 is 1.94 bits per heavy atom. The van der Waals surface area contributed by atoms with Crippen molar-refractivity contribution >= 4 is 42.6 Å². The molecule has 1 aromatic heterocycles. The van der Waals surface area contributed by atoms with Gasteiger partial charge >= 0.3 is 23.8 Å². The highest BCUT2D eigenvalue weighted by Gasteiger charge is 2.70. The van der Waals surface area contributed by atoms with Gasteiger partial charge in [-0.25, -0.2) is 4.79 Å². The van der Waals surface area contributed by atoms with Crippen LogP contribution in [0.4, 0.5) is 17.6 Å². The third-order valence-corrected chi connectivity index (χ3v) is 13.6. The van der Waals surface area contributed by atoms with Gasteiger partial charge in [0.2, 0.25) is 4.90 Å². The standard InChI is InChI=1S/C36H32F4O7S/c1-19-29(26(44-2)13-25(31(41)42)30(19)48-27-9-5-3-7-23(27)24-8-4-6-10-28(24)48)47-32(43)33-14-20-11-21(15-33)36(22(12-20)16-33)45-17-34(37,38)35(39,40)18-46-36/h3-10,13,20-22H,11-12,14-18H2,1-2H3/p+1. The minimum absolute atomic E-state index is 0.0343. The highest BCUT2D eigenvalue weighted by Crippen LogP contribution is 2.66. The molecule has 1 aliphatic heterocycles. The first-order valence-electron chi connectivity index (χ1n) is 15.9. The van der Waals surface area contributed by atoms with Gasteiger partial charge < -0.3 is 24.1 Å². The summed E-state index contributed by atoms with van der Waals surface area (Å²) >= 11 is 0. The summed E-state index contributed by atoms with van der Waals surface area (Å²) in [6.45, 7) is -1.19. The molecule has 0 radical (unpaired) electrons. The smallest absolute Gasteiger partial charge is 0.341 e. The Kier molecular flexibility index (Phi) is 6.98. The van der Waals surface area contributed by atoms with Crippen LogP contribution in [0, 0.1) is 30.1 Å². The minimum Gasteiger partial charge on any atom is -0.493 e. The molecule has 48 heavy (non-hydrogen) atoms. The molecule has 0 amide bonds. The number of alkyl halides is 4. The van der Waals surface area contributed by atoms with Crippen molar-refractivity contribution < 1.29 is 51.2 Å². The predicted molar refractivity (Wildman–Crippen MR) is 170 cm³/mol. The lowest BCUT2D eigenvalue weighted by molar-refractivity contribution is -0.345. The van der Waals surface area contributed by atoms with E-state index in [4.69, 9.17) is 18.9 Å². The van der Waals surface area contributed by atoms with Gasteiger partial charge in [-0.05, 0) is 69.2 Å². The van der Waals surface area contributed by atoms with Crippen molar-refractivity contribution in [3.63, 3.8) is 0 Å². The number of ether oxygens (including phenoxy) is 4. The molecular weight excluding hydrogens is 652 g/mol. The lowest BCUT2D eigenvalue weighted by atomic mass is 9.47. The molecule has 4 aliphatic carbocycles. The van der Waals surface area contributed by atoms with E-state index in [0.717, 1.165) is 20.2 Å². The highest BCUT2D eigenvalue weighted by atomic mass is 32.2. The zero-order valence-electron chi connectivity index (χ0n) is 26.2. The monoisotopic (exact) mass is 685 g/mol. The van der Waals surface area contributed by atoms with Crippen molar-refractivity contribution in [3.05, 3.63) is 65.7 Å². The fourth-order valence-electron chi connectivity index (χ4n) is 9.03. The third kappa shape index (κ3) is 4.37. The third-order valence-electron chi connectivity index (χ3n) is 11.0. The van der Waals surface area contributed by atoms with Gasteiger partial charge in [0.1, 0.15) is 18.8 Å². The average Bonchev–Trinajstić information content (AvgIpc) is 3.34. The maximum Gasteiger partial charge on any atom is 0.341 e. The number of esters is 1. The summed E-state index contributed by atoms with van der Waals surface area (Å²) in [5.74, 6) is -12.9. The van der Waals surface area contributed by atoms with Gasteiger partial charge in [-0.2, -0.15) is 17.6 Å². The van der Waals surface area contributed by atoms with E-state index in [0.29, 0.717) is 29.7 Å². The second kappa shape index (κ2) is 10.6. The molecule has 252 valence electrons. The van der Waals surface area contributed by atoms with Crippen molar-refractivity contribution in [2.75, 3.05) is 20.3 Å². The lowest BCUT2D eigenvalue weighted by Gasteiger charge is -2.62. The molecular formula is C36H33F4O7S+. The number of carbonyl (C=O) groups is 2. The number of benzene rings is 3. The van der Waals surface area contributed by atoms with Crippen molar-refractivity contribution in [3.8, 4) is 16.4 Å². The van der Waals surface area contributed by atoms with Crippen molar-refractivity contribution in [1.29, 1.82) is 0 Å². The van der Waals surface area contributed by atoms with E-state index in [1.165, 1.54) is 13.2 Å². The predicted octanol–water partition coefficient (Wildman–Crippen LogP) is 8.49. The molecule has 2 atom stereocenters. The molecule has 7 nitrogen and oxygen atoms in total. The second-order valence-corrected chi connectivity index (χ2v) is 15.6. The number of methoxy groups -OCH3 is 1. The lowest BCUT2D eigenvalue weighted by Crippen LogP contribution is -2.65. The van der Waals surface area contributed by atoms with Crippen LogP contribution in [0.25, 0.3) is 25.1 Å². The first-order chi connectivity index (χ1) is 22.8. The summed E-state index contributed by atoms with van der Waals surface area (Å²) in [4.78, 5) is 27.6. The van der Waals surface area contributed by atoms with Gasteiger partial charge in [0.25, 0.3) is 0 Å². The first-order valence-corrected chi connectivity index (χ1v) is 17.2. The molecule has 12 heteroatoms. The molecule has 2 heterocycles. The summed E-state index contributed by atoms with van der Waals surface area (Å²) < 4.78 is 82.2. The van der Waals surface area contributed by atoms with Crippen LogP contribution in [-0.4, -0.2) is 55.0 Å². The molecule has 1 N–H and O–H groups in total. The van der Waals surface area contributed by atoms with Gasteiger partial charge in [0.15, 0.2) is 26.7 Å². The maximum absolute atomic E-state index is 14.4. The topological polar surface area (TPSA) is 91.3 Å². The van der Waals surface area contributed by atoms with Gasteiger partial charge in [-0.3, -0.25) is 4.79 Å². The SMILES string of the molecule is COc1cc(C(=O)O)c(-[s+]2c3ccccc3c3ccccc32)c(C)c1OC(=O)C12CC3CC(C1)C1(OCC(F)(F)C(F)(F)CO1)C(C3)C2. The Labute approximate surface area is 275 Å². The Balaban J connectivity index is 1.19. The Bertz CT molecular complexity index is 1920. The zero-order valence-corrected chi connectivity index (χ0v) is 27.0. The van der Waals surface area contributed by atoms with Crippen molar-refractivity contribution in [2.45, 2.75) is 56.7 Å². The second-order valence-electron chi connectivity index (χ2n) is 13.7. The molecule has 9 rings (SSSR count). The van der Waals surface area contributed by atoms with E-state index in [1.807, 2.05) is 48.5 Å². The first kappa shape index (κ1) is 31.5. The number of carbonyl (C=O) groups excluding carboxylic acids is 1. The fourth-order valence-corrected chi connectivity index (χ4v) is 11.7. The number of fused-ring (bicyclic) bond motifs is 3. The van der Waals surface area contributed by atoms with Crippen LogP contribution < -0.4 is 9.47 Å².